The van der Waals surface area contributed by atoms with Crippen LogP contribution in [0.4, 0.5) is 0 Å². The highest BCUT2D eigenvalue weighted by atomic mass is 16.5. The van der Waals surface area contributed by atoms with E-state index in [0.717, 1.165) is 19.3 Å². The molecule has 0 spiro atoms. The number of hydrogen-bond acceptors (Lipinski definition) is 3. The molecule has 144 valence electrons. The molecule has 4 rings (SSSR count). The SMILES string of the molecule is O=C(CCCCO)OCCCCc1ccc2ccc3cccc4ccc1c2c34. The molecule has 0 bridgehead atoms. The minimum Gasteiger partial charge on any atom is -0.466 e. The molecule has 28 heavy (non-hydrogen) atoms. The number of aliphatic hydroxyl groups excluding tert-OH is 1. The van der Waals surface area contributed by atoms with Crippen LogP contribution in [-0.2, 0) is 16.0 Å². The summed E-state index contributed by atoms with van der Waals surface area (Å²) in [7, 11) is 0. The van der Waals surface area contributed by atoms with Gasteiger partial charge in [-0.3, -0.25) is 4.79 Å². The lowest BCUT2D eigenvalue weighted by atomic mass is 9.91. The number of rotatable bonds is 9. The first kappa shape index (κ1) is 18.7. The topological polar surface area (TPSA) is 46.5 Å². The average Bonchev–Trinajstić information content (AvgIpc) is 2.72. The summed E-state index contributed by atoms with van der Waals surface area (Å²) in [5, 5.41) is 16.7. The largest absolute Gasteiger partial charge is 0.466 e. The van der Waals surface area contributed by atoms with Crippen LogP contribution in [0.5, 0.6) is 0 Å². The monoisotopic (exact) mass is 374 g/mol. The van der Waals surface area contributed by atoms with Gasteiger partial charge in [0, 0.05) is 13.0 Å². The van der Waals surface area contributed by atoms with Crippen LogP contribution in [0.15, 0.2) is 54.6 Å². The Morgan fingerprint density at radius 3 is 2.29 bits per heavy atom. The van der Waals surface area contributed by atoms with Crippen molar-refractivity contribution in [3.63, 3.8) is 0 Å². The number of ether oxygens (including phenoxy) is 1. The first-order valence-corrected chi connectivity index (χ1v) is 10.2. The number of esters is 1. The highest BCUT2D eigenvalue weighted by Gasteiger charge is 2.10. The number of aliphatic hydroxyl groups is 1. The third-order valence-electron chi connectivity index (χ3n) is 5.51. The minimum absolute atomic E-state index is 0.132. The molecule has 0 fully saturated rings. The van der Waals surface area contributed by atoms with Gasteiger partial charge in [0.25, 0.3) is 0 Å². The molecule has 0 heterocycles. The second kappa shape index (κ2) is 8.57. The van der Waals surface area contributed by atoms with Crippen LogP contribution in [0, 0.1) is 0 Å². The lowest BCUT2D eigenvalue weighted by Gasteiger charge is -2.14. The first-order chi connectivity index (χ1) is 13.8. The Hall–Kier alpha value is -2.65. The quantitative estimate of drug-likeness (QED) is 0.235. The molecule has 0 aliphatic heterocycles. The van der Waals surface area contributed by atoms with Crippen molar-refractivity contribution >= 4 is 38.3 Å². The molecule has 1 N–H and O–H groups in total. The van der Waals surface area contributed by atoms with E-state index in [4.69, 9.17) is 9.84 Å². The molecule has 0 aliphatic carbocycles. The molecule has 0 aromatic heterocycles. The molecule has 0 amide bonds. The van der Waals surface area contributed by atoms with E-state index in [2.05, 4.69) is 54.6 Å². The Labute approximate surface area is 165 Å². The van der Waals surface area contributed by atoms with Crippen molar-refractivity contribution in [2.75, 3.05) is 13.2 Å². The van der Waals surface area contributed by atoms with Gasteiger partial charge in [-0.1, -0.05) is 54.6 Å². The van der Waals surface area contributed by atoms with Crippen molar-refractivity contribution in [1.29, 1.82) is 0 Å². The van der Waals surface area contributed by atoms with Gasteiger partial charge in [0.1, 0.15) is 0 Å². The van der Waals surface area contributed by atoms with Crippen LogP contribution in [0.3, 0.4) is 0 Å². The molecule has 0 atom stereocenters. The van der Waals surface area contributed by atoms with E-state index in [1.807, 2.05) is 0 Å². The summed E-state index contributed by atoms with van der Waals surface area (Å²) in [6, 6.07) is 19.8. The number of benzene rings is 4. The second-order valence-corrected chi connectivity index (χ2v) is 7.44. The smallest absolute Gasteiger partial charge is 0.305 e. The minimum atomic E-state index is -0.156. The molecule has 0 radical (unpaired) electrons. The normalized spacial score (nSPS) is 11.6. The fourth-order valence-corrected chi connectivity index (χ4v) is 4.07. The molecule has 0 unspecified atom stereocenters. The van der Waals surface area contributed by atoms with Crippen LogP contribution in [0.2, 0.25) is 0 Å². The van der Waals surface area contributed by atoms with Crippen molar-refractivity contribution < 1.29 is 14.6 Å². The van der Waals surface area contributed by atoms with Gasteiger partial charge in [-0.15, -0.1) is 0 Å². The first-order valence-electron chi connectivity index (χ1n) is 10.2. The molecule has 4 aromatic carbocycles. The van der Waals surface area contributed by atoms with E-state index in [9.17, 15) is 4.79 Å². The fraction of sp³-hybridized carbons (Fsp3) is 0.320. The van der Waals surface area contributed by atoms with E-state index >= 15 is 0 Å². The zero-order chi connectivity index (χ0) is 19.3. The Morgan fingerprint density at radius 2 is 1.50 bits per heavy atom. The second-order valence-electron chi connectivity index (χ2n) is 7.44. The zero-order valence-corrected chi connectivity index (χ0v) is 16.1. The van der Waals surface area contributed by atoms with Crippen LogP contribution in [0.1, 0.15) is 37.7 Å². The highest BCUT2D eigenvalue weighted by molar-refractivity contribution is 6.23. The number of hydrogen-bond donors (Lipinski definition) is 1. The molecule has 4 aromatic rings. The van der Waals surface area contributed by atoms with Crippen molar-refractivity contribution in [3.8, 4) is 0 Å². The van der Waals surface area contributed by atoms with Crippen LogP contribution in [-0.4, -0.2) is 24.3 Å². The maximum atomic E-state index is 11.6. The van der Waals surface area contributed by atoms with Gasteiger partial charge in [-0.05, 0) is 70.0 Å². The fourth-order valence-electron chi connectivity index (χ4n) is 4.07. The van der Waals surface area contributed by atoms with Gasteiger partial charge in [0.15, 0.2) is 0 Å². The van der Waals surface area contributed by atoms with E-state index < -0.39 is 0 Å². The number of aryl methyl sites for hydroxylation is 1. The van der Waals surface area contributed by atoms with Crippen molar-refractivity contribution in [2.45, 2.75) is 38.5 Å². The van der Waals surface area contributed by atoms with Crippen molar-refractivity contribution in [1.82, 2.24) is 0 Å². The van der Waals surface area contributed by atoms with Crippen LogP contribution < -0.4 is 0 Å². The Balaban J connectivity index is 1.43. The van der Waals surface area contributed by atoms with Gasteiger partial charge in [0.05, 0.1) is 6.61 Å². The molecule has 3 nitrogen and oxygen atoms in total. The van der Waals surface area contributed by atoms with E-state index in [1.54, 1.807) is 0 Å². The van der Waals surface area contributed by atoms with Gasteiger partial charge >= 0.3 is 5.97 Å². The highest BCUT2D eigenvalue weighted by Crippen LogP contribution is 2.36. The van der Waals surface area contributed by atoms with Gasteiger partial charge in [0.2, 0.25) is 0 Å². The van der Waals surface area contributed by atoms with Gasteiger partial charge < -0.3 is 9.84 Å². The van der Waals surface area contributed by atoms with Crippen LogP contribution >= 0.6 is 0 Å². The third kappa shape index (κ3) is 3.81. The molecular weight excluding hydrogens is 348 g/mol. The summed E-state index contributed by atoms with van der Waals surface area (Å²) >= 11 is 0. The van der Waals surface area contributed by atoms with Gasteiger partial charge in [-0.2, -0.15) is 0 Å². The standard InChI is InChI=1S/C25H26O3/c26-16-3-1-9-23(27)28-17-4-2-6-18-10-11-21-13-12-19-7-5-8-20-14-15-22(18)25(21)24(19)20/h5,7-8,10-15,26H,1-4,6,9,16-17H2. The average molecular weight is 374 g/mol. The summed E-state index contributed by atoms with van der Waals surface area (Å²) in [5.74, 6) is -0.156. The number of carbonyl (C=O) groups is 1. The van der Waals surface area contributed by atoms with E-state index in [-0.39, 0.29) is 12.6 Å². The lowest BCUT2D eigenvalue weighted by Crippen LogP contribution is -2.06. The predicted molar refractivity (Wildman–Crippen MR) is 115 cm³/mol. The summed E-state index contributed by atoms with van der Waals surface area (Å²) in [6.07, 6.45) is 4.59. The number of unbranched alkanes of at least 4 members (excludes halogenated alkanes) is 2. The number of carbonyl (C=O) groups excluding carboxylic acids is 1. The predicted octanol–water partition coefficient (Wildman–Crippen LogP) is 5.61. The lowest BCUT2D eigenvalue weighted by molar-refractivity contribution is -0.143. The summed E-state index contributed by atoms with van der Waals surface area (Å²) in [5.41, 5.74) is 1.36. The van der Waals surface area contributed by atoms with Crippen molar-refractivity contribution in [3.05, 3.63) is 60.2 Å². The van der Waals surface area contributed by atoms with E-state index in [1.165, 1.54) is 37.9 Å². The maximum absolute atomic E-state index is 11.6. The Bertz CT molecular complexity index is 1070. The Kier molecular flexibility index (Phi) is 5.73. The van der Waals surface area contributed by atoms with Gasteiger partial charge in [-0.25, -0.2) is 0 Å². The zero-order valence-electron chi connectivity index (χ0n) is 16.1. The molecular formula is C25H26O3. The molecule has 0 saturated heterocycles. The maximum Gasteiger partial charge on any atom is 0.305 e. The van der Waals surface area contributed by atoms with Crippen molar-refractivity contribution in [2.24, 2.45) is 0 Å². The summed E-state index contributed by atoms with van der Waals surface area (Å²) in [4.78, 5) is 11.6. The summed E-state index contributed by atoms with van der Waals surface area (Å²) < 4.78 is 5.29. The third-order valence-corrected chi connectivity index (χ3v) is 5.51. The van der Waals surface area contributed by atoms with Crippen LogP contribution in [0.25, 0.3) is 32.3 Å². The summed E-state index contributed by atoms with van der Waals surface area (Å²) in [6.45, 7) is 0.608. The van der Waals surface area contributed by atoms with E-state index in [0.29, 0.717) is 25.9 Å². The molecule has 0 aliphatic rings. The molecule has 0 saturated carbocycles. The molecule has 3 heteroatoms. The Morgan fingerprint density at radius 1 is 0.786 bits per heavy atom.